The van der Waals surface area contributed by atoms with Gasteiger partial charge in [-0.2, -0.15) is 13.2 Å². The first-order valence-corrected chi connectivity index (χ1v) is 6.25. The number of aromatic nitrogens is 1. The maximum atomic E-state index is 12.9. The first-order valence-electron chi connectivity index (χ1n) is 6.25. The third-order valence-electron chi connectivity index (χ3n) is 3.26. The monoisotopic (exact) mass is 289 g/mol. The zero-order chi connectivity index (χ0) is 15.0. The molecule has 0 aliphatic heterocycles. The Bertz CT molecular complexity index is 851. The van der Waals surface area contributed by atoms with E-state index in [1.165, 1.54) is 18.3 Å². The van der Waals surface area contributed by atoms with E-state index in [1.54, 1.807) is 28.8 Å². The lowest BCUT2D eigenvalue weighted by Gasteiger charge is -2.13. The van der Waals surface area contributed by atoms with Gasteiger partial charge in [0.15, 0.2) is 5.43 Å². The molecule has 21 heavy (non-hydrogen) atoms. The summed E-state index contributed by atoms with van der Waals surface area (Å²) in [6, 6.07) is 13.4. The average molecular weight is 289 g/mol. The largest absolute Gasteiger partial charge is 0.416 e. The van der Waals surface area contributed by atoms with Gasteiger partial charge >= 0.3 is 6.18 Å². The summed E-state index contributed by atoms with van der Waals surface area (Å²) in [5.74, 6) is 0. The lowest BCUT2D eigenvalue weighted by atomic mass is 10.1. The zero-order valence-electron chi connectivity index (χ0n) is 10.8. The molecular weight excluding hydrogens is 279 g/mol. The van der Waals surface area contributed by atoms with E-state index in [1.807, 2.05) is 6.07 Å². The molecule has 0 aliphatic rings. The van der Waals surface area contributed by atoms with Crippen LogP contribution in [-0.4, -0.2) is 4.57 Å². The number of pyridine rings is 1. The van der Waals surface area contributed by atoms with Gasteiger partial charge in [-0.25, -0.2) is 0 Å². The van der Waals surface area contributed by atoms with Gasteiger partial charge in [-0.05, 0) is 30.3 Å². The van der Waals surface area contributed by atoms with Crippen molar-refractivity contribution < 1.29 is 13.2 Å². The summed E-state index contributed by atoms with van der Waals surface area (Å²) < 4.78 is 40.2. The first-order chi connectivity index (χ1) is 9.97. The highest BCUT2D eigenvalue weighted by Gasteiger charge is 2.30. The Balaban J connectivity index is 2.35. The topological polar surface area (TPSA) is 22.0 Å². The van der Waals surface area contributed by atoms with Gasteiger partial charge in [-0.15, -0.1) is 0 Å². The molecule has 2 nitrogen and oxygen atoms in total. The number of rotatable bonds is 1. The van der Waals surface area contributed by atoms with Crippen LogP contribution in [0.2, 0.25) is 0 Å². The van der Waals surface area contributed by atoms with Gasteiger partial charge in [-0.1, -0.05) is 18.2 Å². The number of hydrogen-bond acceptors (Lipinski definition) is 1. The van der Waals surface area contributed by atoms with Crippen molar-refractivity contribution in [1.82, 2.24) is 4.57 Å². The molecular formula is C16H10F3NO. The Morgan fingerprint density at radius 3 is 2.29 bits per heavy atom. The number of benzene rings is 2. The molecule has 0 unspecified atom stereocenters. The molecule has 0 bridgehead atoms. The number of hydrogen-bond donors (Lipinski definition) is 0. The smallest absolute Gasteiger partial charge is 0.316 e. The number of alkyl halides is 3. The van der Waals surface area contributed by atoms with E-state index in [9.17, 15) is 18.0 Å². The Morgan fingerprint density at radius 1 is 0.905 bits per heavy atom. The lowest BCUT2D eigenvalue weighted by Crippen LogP contribution is -2.10. The van der Waals surface area contributed by atoms with Crippen molar-refractivity contribution in [3.63, 3.8) is 0 Å². The fraction of sp³-hybridized carbons (Fsp3) is 0.0625. The standard InChI is InChI=1S/C16H10F3NO/c17-16(18,19)11-6-7-13-14(10-11)20(9-8-15(13)21)12-4-2-1-3-5-12/h1-10H. The van der Waals surface area contributed by atoms with Crippen LogP contribution in [0.15, 0.2) is 65.6 Å². The van der Waals surface area contributed by atoms with Gasteiger partial charge in [0.1, 0.15) is 0 Å². The van der Waals surface area contributed by atoms with Crippen LogP contribution < -0.4 is 5.43 Å². The van der Waals surface area contributed by atoms with E-state index < -0.39 is 11.7 Å². The minimum absolute atomic E-state index is 0.239. The molecule has 1 heterocycles. The van der Waals surface area contributed by atoms with Crippen LogP contribution in [-0.2, 0) is 6.18 Å². The van der Waals surface area contributed by atoms with Gasteiger partial charge in [0.25, 0.3) is 0 Å². The highest BCUT2D eigenvalue weighted by molar-refractivity contribution is 5.81. The molecule has 106 valence electrons. The van der Waals surface area contributed by atoms with E-state index in [4.69, 9.17) is 0 Å². The molecule has 3 rings (SSSR count). The van der Waals surface area contributed by atoms with Gasteiger partial charge < -0.3 is 4.57 Å². The van der Waals surface area contributed by atoms with Crippen molar-refractivity contribution in [2.45, 2.75) is 6.18 Å². The minimum atomic E-state index is -4.44. The SMILES string of the molecule is O=c1ccn(-c2ccccc2)c2cc(C(F)(F)F)ccc12. The molecule has 0 saturated carbocycles. The van der Waals surface area contributed by atoms with Crippen LogP contribution >= 0.6 is 0 Å². The highest BCUT2D eigenvalue weighted by atomic mass is 19.4. The number of fused-ring (bicyclic) bond motifs is 1. The summed E-state index contributed by atoms with van der Waals surface area (Å²) in [6.07, 6.45) is -2.96. The maximum absolute atomic E-state index is 12.9. The van der Waals surface area contributed by atoms with E-state index in [0.29, 0.717) is 5.69 Å². The maximum Gasteiger partial charge on any atom is 0.416 e. The average Bonchev–Trinajstić information content (AvgIpc) is 2.47. The van der Waals surface area contributed by atoms with Crippen molar-refractivity contribution in [3.05, 3.63) is 76.6 Å². The third-order valence-corrected chi connectivity index (χ3v) is 3.26. The van der Waals surface area contributed by atoms with Crippen LogP contribution in [0.3, 0.4) is 0 Å². The quantitative estimate of drug-likeness (QED) is 0.663. The molecule has 0 atom stereocenters. The molecule has 0 amide bonds. The van der Waals surface area contributed by atoms with Crippen molar-refractivity contribution in [2.24, 2.45) is 0 Å². The van der Waals surface area contributed by atoms with Crippen molar-refractivity contribution in [2.75, 3.05) is 0 Å². The summed E-state index contributed by atoms with van der Waals surface area (Å²) in [5, 5.41) is 0.259. The Hall–Kier alpha value is -2.56. The number of nitrogens with zero attached hydrogens (tertiary/aromatic N) is 1. The van der Waals surface area contributed by atoms with Gasteiger partial charge in [0.2, 0.25) is 0 Å². The molecule has 2 aromatic carbocycles. The van der Waals surface area contributed by atoms with E-state index in [2.05, 4.69) is 0 Å². The molecule has 0 spiro atoms. The Morgan fingerprint density at radius 2 is 1.62 bits per heavy atom. The second kappa shape index (κ2) is 4.77. The second-order valence-corrected chi connectivity index (χ2v) is 4.62. The van der Waals surface area contributed by atoms with Crippen LogP contribution in [0.1, 0.15) is 5.56 Å². The molecule has 0 radical (unpaired) electrons. The molecule has 0 saturated heterocycles. The fourth-order valence-electron chi connectivity index (χ4n) is 2.24. The normalized spacial score (nSPS) is 11.8. The predicted octanol–water partition coefficient (Wildman–Crippen LogP) is 4.01. The van der Waals surface area contributed by atoms with E-state index in [0.717, 1.165) is 12.1 Å². The van der Waals surface area contributed by atoms with Crippen LogP contribution in [0.5, 0.6) is 0 Å². The second-order valence-electron chi connectivity index (χ2n) is 4.62. The van der Waals surface area contributed by atoms with Crippen molar-refractivity contribution >= 4 is 10.9 Å². The zero-order valence-corrected chi connectivity index (χ0v) is 10.8. The van der Waals surface area contributed by atoms with E-state index >= 15 is 0 Å². The Kier molecular flexibility index (Phi) is 3.05. The first kappa shape index (κ1) is 13.4. The van der Waals surface area contributed by atoms with Crippen molar-refractivity contribution in [1.29, 1.82) is 0 Å². The van der Waals surface area contributed by atoms with Gasteiger partial charge in [-0.3, -0.25) is 4.79 Å². The van der Waals surface area contributed by atoms with Gasteiger partial charge in [0.05, 0.1) is 11.1 Å². The summed E-state index contributed by atoms with van der Waals surface area (Å²) in [4.78, 5) is 11.8. The number of para-hydroxylation sites is 1. The van der Waals surface area contributed by atoms with E-state index in [-0.39, 0.29) is 16.3 Å². The molecule has 0 N–H and O–H groups in total. The minimum Gasteiger partial charge on any atom is -0.316 e. The van der Waals surface area contributed by atoms with Crippen LogP contribution in [0.4, 0.5) is 13.2 Å². The fourth-order valence-corrected chi connectivity index (χ4v) is 2.24. The third kappa shape index (κ3) is 2.42. The molecule has 0 fully saturated rings. The molecule has 1 aromatic heterocycles. The Labute approximate surface area is 118 Å². The molecule has 5 heteroatoms. The molecule has 0 aliphatic carbocycles. The van der Waals surface area contributed by atoms with Crippen LogP contribution in [0.25, 0.3) is 16.6 Å². The lowest BCUT2D eigenvalue weighted by molar-refractivity contribution is -0.137. The van der Waals surface area contributed by atoms with Crippen LogP contribution in [0, 0.1) is 0 Å². The van der Waals surface area contributed by atoms with Gasteiger partial charge in [0, 0.05) is 23.3 Å². The summed E-state index contributed by atoms with van der Waals surface area (Å²) in [5.41, 5.74) is -0.137. The van der Waals surface area contributed by atoms with Crippen molar-refractivity contribution in [3.8, 4) is 5.69 Å². The highest BCUT2D eigenvalue weighted by Crippen LogP contribution is 2.31. The summed E-state index contributed by atoms with van der Waals surface area (Å²) in [6.45, 7) is 0. The summed E-state index contributed by atoms with van der Waals surface area (Å²) in [7, 11) is 0. The molecule has 3 aromatic rings. The summed E-state index contributed by atoms with van der Waals surface area (Å²) >= 11 is 0. The number of halogens is 3. The predicted molar refractivity (Wildman–Crippen MR) is 74.5 cm³/mol.